The van der Waals surface area contributed by atoms with E-state index < -0.39 is 5.97 Å². The van der Waals surface area contributed by atoms with Gasteiger partial charge < -0.3 is 9.15 Å². The molecule has 0 bridgehead atoms. The van der Waals surface area contributed by atoms with Crippen LogP contribution in [0.5, 0.6) is 0 Å². The van der Waals surface area contributed by atoms with E-state index in [0.717, 1.165) is 19.3 Å². The molecule has 1 heterocycles. The number of unbranched alkanes of at least 4 members (excludes halogenated alkanes) is 5. The lowest BCUT2D eigenvalue weighted by Gasteiger charge is -1.98. The van der Waals surface area contributed by atoms with E-state index in [1.165, 1.54) is 25.7 Å². The summed E-state index contributed by atoms with van der Waals surface area (Å²) in [5.74, 6) is -0.0643. The maximum Gasteiger partial charge on any atom is 0.396 e. The summed E-state index contributed by atoms with van der Waals surface area (Å²) in [6.45, 7) is 4.26. The van der Waals surface area contributed by atoms with Crippen LogP contribution in [0.25, 0.3) is 0 Å². The zero-order valence-electron chi connectivity index (χ0n) is 11.3. The van der Waals surface area contributed by atoms with Gasteiger partial charge in [-0.1, -0.05) is 39.0 Å². The third-order valence-electron chi connectivity index (χ3n) is 2.66. The van der Waals surface area contributed by atoms with Crippen LogP contribution in [0.4, 0.5) is 0 Å². The molecule has 1 aromatic heterocycles. The Morgan fingerprint density at radius 2 is 1.83 bits per heavy atom. The maximum atomic E-state index is 11.3. The monoisotopic (exact) mass is 254 g/mol. The minimum absolute atomic E-state index is 0.0437. The zero-order valence-corrected chi connectivity index (χ0v) is 11.3. The van der Waals surface area contributed by atoms with Gasteiger partial charge in [0.15, 0.2) is 0 Å². The van der Waals surface area contributed by atoms with Crippen molar-refractivity contribution >= 4 is 5.97 Å². The number of carbonyl (C=O) groups excluding carboxylic acids is 1. The van der Waals surface area contributed by atoms with Gasteiger partial charge >= 0.3 is 11.9 Å². The number of carbonyl (C=O) groups is 1. The van der Waals surface area contributed by atoms with Gasteiger partial charge in [-0.3, -0.25) is 0 Å². The first-order valence-corrected chi connectivity index (χ1v) is 6.77. The minimum atomic E-state index is -0.542. The zero-order chi connectivity index (χ0) is 13.2. The molecule has 0 aliphatic rings. The molecule has 0 fully saturated rings. The van der Waals surface area contributed by atoms with Crippen LogP contribution in [-0.2, 0) is 11.2 Å². The average Bonchev–Trinajstić information content (AvgIpc) is 2.83. The van der Waals surface area contributed by atoms with Crippen LogP contribution in [0.1, 0.15) is 68.9 Å². The summed E-state index contributed by atoms with van der Waals surface area (Å²) in [4.78, 5) is 11.3. The fourth-order valence-electron chi connectivity index (χ4n) is 1.69. The highest BCUT2D eigenvalue weighted by molar-refractivity contribution is 5.83. The Hall–Kier alpha value is -1.39. The van der Waals surface area contributed by atoms with Crippen LogP contribution in [0, 0.1) is 0 Å². The first-order chi connectivity index (χ1) is 8.77. The Labute approximate surface area is 108 Å². The molecule has 1 aromatic rings. The van der Waals surface area contributed by atoms with Gasteiger partial charge in [0.1, 0.15) is 0 Å². The molecule has 0 N–H and O–H groups in total. The van der Waals surface area contributed by atoms with Crippen molar-refractivity contribution in [3.8, 4) is 0 Å². The number of ether oxygens (including phenoxy) is 1. The Morgan fingerprint density at radius 3 is 2.56 bits per heavy atom. The van der Waals surface area contributed by atoms with Crippen LogP contribution >= 0.6 is 0 Å². The summed E-state index contributed by atoms with van der Waals surface area (Å²) in [5.41, 5.74) is 0. The number of rotatable bonds is 9. The average molecular weight is 254 g/mol. The second-order valence-corrected chi connectivity index (χ2v) is 4.24. The van der Waals surface area contributed by atoms with Gasteiger partial charge in [0, 0.05) is 6.42 Å². The largest absolute Gasteiger partial charge is 0.459 e. The lowest BCUT2D eigenvalue weighted by molar-refractivity contribution is 0.0478. The molecule has 0 unspecified atom stereocenters. The van der Waals surface area contributed by atoms with Crippen LogP contribution in [-0.4, -0.2) is 22.8 Å². The molecule has 0 amide bonds. The molecule has 0 radical (unpaired) electrons. The van der Waals surface area contributed by atoms with E-state index in [1.54, 1.807) is 6.92 Å². The number of esters is 1. The summed E-state index contributed by atoms with van der Waals surface area (Å²) in [7, 11) is 0. The van der Waals surface area contributed by atoms with E-state index in [0.29, 0.717) is 12.5 Å². The van der Waals surface area contributed by atoms with Crippen molar-refractivity contribution in [1.29, 1.82) is 0 Å². The standard InChI is InChI=1S/C13H22N2O3/c1-3-5-6-7-8-9-10-11-14-15-12(18-11)13(16)17-4-2/h3-10H2,1-2H3. The summed E-state index contributed by atoms with van der Waals surface area (Å²) >= 11 is 0. The molecule has 0 saturated heterocycles. The van der Waals surface area contributed by atoms with Crippen molar-refractivity contribution < 1.29 is 13.9 Å². The van der Waals surface area contributed by atoms with Crippen molar-refractivity contribution in [2.45, 2.75) is 58.8 Å². The lowest BCUT2D eigenvalue weighted by atomic mass is 10.1. The SMILES string of the molecule is CCCCCCCCc1nnc(C(=O)OCC)o1. The smallest absolute Gasteiger partial charge is 0.396 e. The van der Waals surface area contributed by atoms with Crippen LogP contribution in [0.15, 0.2) is 4.42 Å². The Bertz CT molecular complexity index is 350. The summed E-state index contributed by atoms with van der Waals surface area (Å²) in [5, 5.41) is 7.51. The molecule has 5 heteroatoms. The van der Waals surface area contributed by atoms with Gasteiger partial charge in [-0.2, -0.15) is 0 Å². The third kappa shape index (κ3) is 5.29. The Morgan fingerprint density at radius 1 is 1.11 bits per heavy atom. The molecule has 0 aliphatic carbocycles. The van der Waals surface area contributed by atoms with E-state index in [1.807, 2.05) is 0 Å². The van der Waals surface area contributed by atoms with E-state index in [2.05, 4.69) is 17.1 Å². The highest BCUT2D eigenvalue weighted by atomic mass is 16.5. The molecular weight excluding hydrogens is 232 g/mol. The Balaban J connectivity index is 2.21. The van der Waals surface area contributed by atoms with Gasteiger partial charge in [0.05, 0.1) is 6.61 Å². The molecule has 0 aliphatic heterocycles. The molecule has 5 nitrogen and oxygen atoms in total. The van der Waals surface area contributed by atoms with Gasteiger partial charge in [0.2, 0.25) is 5.89 Å². The first-order valence-electron chi connectivity index (χ1n) is 6.77. The van der Waals surface area contributed by atoms with Crippen molar-refractivity contribution in [2.75, 3.05) is 6.61 Å². The minimum Gasteiger partial charge on any atom is -0.459 e. The summed E-state index contributed by atoms with van der Waals surface area (Å²) in [6, 6.07) is 0. The fraction of sp³-hybridized carbons (Fsp3) is 0.769. The molecule has 0 saturated carbocycles. The van der Waals surface area contributed by atoms with E-state index >= 15 is 0 Å². The molecule has 0 atom stereocenters. The quantitative estimate of drug-likeness (QED) is 0.500. The van der Waals surface area contributed by atoms with Crippen LogP contribution in [0.3, 0.4) is 0 Å². The molecular formula is C13H22N2O3. The second kappa shape index (κ2) is 8.66. The number of hydrogen-bond acceptors (Lipinski definition) is 5. The van der Waals surface area contributed by atoms with Crippen LogP contribution < -0.4 is 0 Å². The number of aryl methyl sites for hydroxylation is 1. The van der Waals surface area contributed by atoms with Gasteiger partial charge in [-0.05, 0) is 13.3 Å². The van der Waals surface area contributed by atoms with Crippen molar-refractivity contribution in [1.82, 2.24) is 10.2 Å². The fourth-order valence-corrected chi connectivity index (χ4v) is 1.69. The van der Waals surface area contributed by atoms with E-state index in [9.17, 15) is 4.79 Å². The molecule has 102 valence electrons. The number of aromatic nitrogens is 2. The maximum absolute atomic E-state index is 11.3. The van der Waals surface area contributed by atoms with Crippen molar-refractivity contribution in [3.63, 3.8) is 0 Å². The van der Waals surface area contributed by atoms with Gasteiger partial charge in [-0.15, -0.1) is 10.2 Å². The number of nitrogens with zero attached hydrogens (tertiary/aromatic N) is 2. The first kappa shape index (κ1) is 14.7. The molecule has 0 aromatic carbocycles. The lowest BCUT2D eigenvalue weighted by Crippen LogP contribution is -2.04. The van der Waals surface area contributed by atoms with E-state index in [4.69, 9.17) is 9.15 Å². The van der Waals surface area contributed by atoms with Crippen LogP contribution in [0.2, 0.25) is 0 Å². The Kier molecular flexibility index (Phi) is 7.06. The van der Waals surface area contributed by atoms with E-state index in [-0.39, 0.29) is 5.89 Å². The summed E-state index contributed by atoms with van der Waals surface area (Å²) in [6.07, 6.45) is 8.01. The second-order valence-electron chi connectivity index (χ2n) is 4.24. The topological polar surface area (TPSA) is 65.2 Å². The van der Waals surface area contributed by atoms with Gasteiger partial charge in [0.25, 0.3) is 0 Å². The third-order valence-corrected chi connectivity index (χ3v) is 2.66. The van der Waals surface area contributed by atoms with Crippen molar-refractivity contribution in [2.24, 2.45) is 0 Å². The highest BCUT2D eigenvalue weighted by Gasteiger charge is 2.15. The van der Waals surface area contributed by atoms with Gasteiger partial charge in [-0.25, -0.2) is 4.79 Å². The van der Waals surface area contributed by atoms with Crippen molar-refractivity contribution in [3.05, 3.63) is 11.8 Å². The molecule has 0 spiro atoms. The number of hydrogen-bond donors (Lipinski definition) is 0. The summed E-state index contributed by atoms with van der Waals surface area (Å²) < 4.78 is 10.0. The normalized spacial score (nSPS) is 10.6. The predicted molar refractivity (Wildman–Crippen MR) is 67.3 cm³/mol. The highest BCUT2D eigenvalue weighted by Crippen LogP contribution is 2.09. The molecule has 1 rings (SSSR count). The predicted octanol–water partition coefficient (Wildman–Crippen LogP) is 3.15. The molecule has 18 heavy (non-hydrogen) atoms.